The summed E-state index contributed by atoms with van der Waals surface area (Å²) in [7, 11) is 1.57. The van der Waals surface area contributed by atoms with Crippen LogP contribution < -0.4 is 10.1 Å². The normalized spacial score (nSPS) is 10.1. The van der Waals surface area contributed by atoms with Crippen LogP contribution in [-0.4, -0.2) is 23.0 Å². The monoisotopic (exact) mass is 385 g/mol. The zero-order chi connectivity index (χ0) is 13.8. The lowest BCUT2D eigenvalue weighted by Crippen LogP contribution is -2.13. The Morgan fingerprint density at radius 2 is 1.95 bits per heavy atom. The lowest BCUT2D eigenvalue weighted by molar-refractivity contribution is 0.102. The third-order valence-corrected chi connectivity index (χ3v) is 3.22. The average Bonchev–Trinajstić information content (AvgIpc) is 2.42. The number of anilines is 1. The van der Waals surface area contributed by atoms with Crippen LogP contribution in [0.15, 0.2) is 39.7 Å². The first-order valence-electron chi connectivity index (χ1n) is 5.23. The Labute approximate surface area is 126 Å². The molecule has 0 atom stereocenters. The third kappa shape index (κ3) is 3.51. The molecule has 7 heteroatoms. The van der Waals surface area contributed by atoms with Crippen molar-refractivity contribution in [2.45, 2.75) is 0 Å². The van der Waals surface area contributed by atoms with Gasteiger partial charge in [-0.15, -0.1) is 0 Å². The zero-order valence-corrected chi connectivity index (χ0v) is 13.0. The van der Waals surface area contributed by atoms with Gasteiger partial charge in [0, 0.05) is 5.56 Å². The number of halogens is 2. The molecule has 98 valence electrons. The highest BCUT2D eigenvalue weighted by Crippen LogP contribution is 2.20. The van der Waals surface area contributed by atoms with Crippen molar-refractivity contribution >= 4 is 43.6 Å². The number of hydrogen-bond acceptors (Lipinski definition) is 4. The quantitative estimate of drug-likeness (QED) is 0.879. The molecule has 2 rings (SSSR count). The lowest BCUT2D eigenvalue weighted by Gasteiger charge is -2.06. The predicted octanol–water partition coefficient (Wildman–Crippen LogP) is 3.26. The summed E-state index contributed by atoms with van der Waals surface area (Å²) in [5.74, 6) is 0.796. The van der Waals surface area contributed by atoms with Crippen LogP contribution >= 0.6 is 31.9 Å². The number of hydrogen-bond donors (Lipinski definition) is 1. The largest absolute Gasteiger partial charge is 0.497 e. The molecule has 0 bridgehead atoms. The summed E-state index contributed by atoms with van der Waals surface area (Å²) in [5.41, 5.74) is 0.511. The smallest absolute Gasteiger partial charge is 0.256 e. The van der Waals surface area contributed by atoms with E-state index < -0.39 is 0 Å². The van der Waals surface area contributed by atoms with E-state index in [1.807, 2.05) is 0 Å². The van der Waals surface area contributed by atoms with Crippen molar-refractivity contribution < 1.29 is 9.53 Å². The molecule has 1 aromatic carbocycles. The number of aromatic nitrogens is 2. The van der Waals surface area contributed by atoms with Gasteiger partial charge in [-0.2, -0.15) is 0 Å². The molecule has 19 heavy (non-hydrogen) atoms. The van der Waals surface area contributed by atoms with E-state index in [1.54, 1.807) is 31.4 Å². The summed E-state index contributed by atoms with van der Waals surface area (Å²) >= 11 is 6.43. The molecule has 0 spiro atoms. The Kier molecular flexibility index (Phi) is 4.49. The highest BCUT2D eigenvalue weighted by atomic mass is 79.9. The van der Waals surface area contributed by atoms with Gasteiger partial charge in [0.25, 0.3) is 5.91 Å². The summed E-state index contributed by atoms with van der Waals surface area (Å²) in [6, 6.07) is 6.79. The molecular formula is C12H9Br2N3O2. The molecule has 1 amide bonds. The van der Waals surface area contributed by atoms with Crippen LogP contribution in [0.5, 0.6) is 5.75 Å². The number of amides is 1. The van der Waals surface area contributed by atoms with E-state index in [0.29, 0.717) is 26.3 Å². The van der Waals surface area contributed by atoms with Crippen LogP contribution in [0.2, 0.25) is 0 Å². The minimum Gasteiger partial charge on any atom is -0.497 e. The summed E-state index contributed by atoms with van der Waals surface area (Å²) in [6.07, 6.45) is 1.51. The second-order valence-corrected chi connectivity index (χ2v) is 5.08. The first-order chi connectivity index (χ1) is 9.10. The second kappa shape index (κ2) is 6.12. The minimum absolute atomic E-state index is 0.264. The summed E-state index contributed by atoms with van der Waals surface area (Å²) in [5, 5.41) is 2.67. The molecule has 0 saturated carbocycles. The van der Waals surface area contributed by atoms with Crippen LogP contribution in [-0.2, 0) is 0 Å². The Morgan fingerprint density at radius 3 is 2.53 bits per heavy atom. The SMILES string of the molecule is COc1ccc(C(=O)Nc2ncc(Br)nc2Br)cc1. The van der Waals surface area contributed by atoms with Gasteiger partial charge in [0.1, 0.15) is 15.0 Å². The summed E-state index contributed by atoms with van der Waals surface area (Å²) < 4.78 is 6.08. The van der Waals surface area contributed by atoms with Crippen LogP contribution in [0.3, 0.4) is 0 Å². The van der Waals surface area contributed by atoms with E-state index in [2.05, 4.69) is 47.1 Å². The number of nitrogens with zero attached hydrogens (tertiary/aromatic N) is 2. The van der Waals surface area contributed by atoms with Gasteiger partial charge in [-0.3, -0.25) is 4.79 Å². The summed E-state index contributed by atoms with van der Waals surface area (Å²) in [6.45, 7) is 0. The maximum absolute atomic E-state index is 12.0. The van der Waals surface area contributed by atoms with Crippen molar-refractivity contribution in [2.75, 3.05) is 12.4 Å². The predicted molar refractivity (Wildman–Crippen MR) is 78.4 cm³/mol. The molecule has 0 aliphatic heterocycles. The van der Waals surface area contributed by atoms with Crippen molar-refractivity contribution in [3.05, 3.63) is 45.2 Å². The van der Waals surface area contributed by atoms with Crippen LogP contribution in [0.25, 0.3) is 0 Å². The molecule has 1 heterocycles. The lowest BCUT2D eigenvalue weighted by atomic mass is 10.2. The Balaban J connectivity index is 2.15. The molecule has 5 nitrogen and oxygen atoms in total. The number of nitrogens with one attached hydrogen (secondary N) is 1. The van der Waals surface area contributed by atoms with E-state index in [-0.39, 0.29) is 5.91 Å². The highest BCUT2D eigenvalue weighted by molar-refractivity contribution is 9.11. The fraction of sp³-hybridized carbons (Fsp3) is 0.0833. The molecule has 1 N–H and O–H groups in total. The van der Waals surface area contributed by atoms with Gasteiger partial charge >= 0.3 is 0 Å². The standard InChI is InChI=1S/C12H9Br2N3O2/c1-19-8-4-2-7(3-5-8)12(18)17-11-10(14)16-9(13)6-15-11/h2-6H,1H3,(H,15,17,18). The number of carbonyl (C=O) groups is 1. The van der Waals surface area contributed by atoms with Crippen molar-refractivity contribution in [3.63, 3.8) is 0 Å². The van der Waals surface area contributed by atoms with Gasteiger partial charge in [-0.25, -0.2) is 9.97 Å². The molecule has 0 aliphatic rings. The van der Waals surface area contributed by atoms with E-state index in [0.717, 1.165) is 0 Å². The van der Waals surface area contributed by atoms with E-state index in [1.165, 1.54) is 6.20 Å². The van der Waals surface area contributed by atoms with E-state index in [4.69, 9.17) is 4.74 Å². The van der Waals surface area contributed by atoms with Crippen molar-refractivity contribution in [1.82, 2.24) is 9.97 Å². The average molecular weight is 387 g/mol. The molecule has 0 saturated heterocycles. The van der Waals surface area contributed by atoms with Crippen molar-refractivity contribution in [2.24, 2.45) is 0 Å². The molecule has 0 fully saturated rings. The van der Waals surface area contributed by atoms with Crippen LogP contribution in [0.4, 0.5) is 5.82 Å². The van der Waals surface area contributed by atoms with Gasteiger partial charge < -0.3 is 10.1 Å². The molecule has 1 aromatic heterocycles. The van der Waals surface area contributed by atoms with Gasteiger partial charge in [0.2, 0.25) is 0 Å². The summed E-state index contributed by atoms with van der Waals surface area (Å²) in [4.78, 5) is 20.1. The molecule has 0 aliphatic carbocycles. The topological polar surface area (TPSA) is 64.1 Å². The van der Waals surface area contributed by atoms with Crippen LogP contribution in [0.1, 0.15) is 10.4 Å². The number of methoxy groups -OCH3 is 1. The van der Waals surface area contributed by atoms with E-state index in [9.17, 15) is 4.79 Å². The highest BCUT2D eigenvalue weighted by Gasteiger charge is 2.10. The molecule has 2 aromatic rings. The van der Waals surface area contributed by atoms with Gasteiger partial charge in [-0.05, 0) is 56.1 Å². The maximum Gasteiger partial charge on any atom is 0.256 e. The maximum atomic E-state index is 12.0. The fourth-order valence-electron chi connectivity index (χ4n) is 1.35. The van der Waals surface area contributed by atoms with Crippen LogP contribution in [0, 0.1) is 0 Å². The van der Waals surface area contributed by atoms with Crippen molar-refractivity contribution in [3.8, 4) is 5.75 Å². The Bertz CT molecular complexity index is 602. The zero-order valence-electron chi connectivity index (χ0n) is 9.85. The number of carbonyl (C=O) groups excluding carboxylic acids is 1. The minimum atomic E-state index is -0.264. The number of ether oxygens (including phenoxy) is 1. The first-order valence-corrected chi connectivity index (χ1v) is 6.82. The molecular weight excluding hydrogens is 378 g/mol. The number of rotatable bonds is 3. The number of benzene rings is 1. The molecule has 0 radical (unpaired) electrons. The Morgan fingerprint density at radius 1 is 1.26 bits per heavy atom. The van der Waals surface area contributed by atoms with Gasteiger partial charge in [0.15, 0.2) is 5.82 Å². The first kappa shape index (κ1) is 14.0. The third-order valence-electron chi connectivity index (χ3n) is 2.28. The second-order valence-electron chi connectivity index (χ2n) is 3.51. The van der Waals surface area contributed by atoms with E-state index >= 15 is 0 Å². The fourth-order valence-corrected chi connectivity index (χ4v) is 2.26. The molecule has 0 unspecified atom stereocenters. The van der Waals surface area contributed by atoms with Crippen molar-refractivity contribution in [1.29, 1.82) is 0 Å². The Hall–Kier alpha value is -1.47. The van der Waals surface area contributed by atoms with Gasteiger partial charge in [0.05, 0.1) is 13.3 Å². The van der Waals surface area contributed by atoms with Gasteiger partial charge in [-0.1, -0.05) is 0 Å².